The molecule has 0 bridgehead atoms. The number of amides is 1. The molecule has 2 aliphatic rings. The van der Waals surface area contributed by atoms with Crippen LogP contribution in [0.3, 0.4) is 0 Å². The zero-order chi connectivity index (χ0) is 21.4. The monoisotopic (exact) mass is 434 g/mol. The molecule has 31 heavy (non-hydrogen) atoms. The first-order valence-electron chi connectivity index (χ1n) is 11.1. The van der Waals surface area contributed by atoms with Gasteiger partial charge in [-0.2, -0.15) is 5.10 Å². The standard InChI is InChI=1S/C25H27ClN4O/c1-16-11-18(12-17-5-2-7-20(26)13-17)14-23(27-16)19-6-4-10-30(15-19)25(31)24-21-8-3-9-22(21)28-29-24/h2,5,7,11,13-14,19H,3-4,6,8-10,12,15H2,1H3,(H,28,29). The summed E-state index contributed by atoms with van der Waals surface area (Å²) in [6.07, 6.45) is 5.93. The van der Waals surface area contributed by atoms with Crippen LogP contribution in [0.4, 0.5) is 0 Å². The summed E-state index contributed by atoms with van der Waals surface area (Å²) in [5.74, 6) is 0.318. The van der Waals surface area contributed by atoms with Crippen LogP contribution >= 0.6 is 11.6 Å². The molecule has 3 aromatic rings. The van der Waals surface area contributed by atoms with Crippen molar-refractivity contribution in [2.75, 3.05) is 13.1 Å². The molecule has 1 amide bonds. The smallest absolute Gasteiger partial charge is 0.274 e. The van der Waals surface area contributed by atoms with Crippen LogP contribution < -0.4 is 0 Å². The second kappa shape index (κ2) is 8.46. The number of aryl methyl sites for hydroxylation is 2. The van der Waals surface area contributed by atoms with Gasteiger partial charge in [-0.05, 0) is 80.8 Å². The van der Waals surface area contributed by atoms with E-state index >= 15 is 0 Å². The Morgan fingerprint density at radius 3 is 2.97 bits per heavy atom. The minimum atomic E-state index is 0.0657. The van der Waals surface area contributed by atoms with Gasteiger partial charge in [0, 0.05) is 46.7 Å². The number of H-pyrrole nitrogens is 1. The van der Waals surface area contributed by atoms with Crippen LogP contribution in [0.15, 0.2) is 36.4 Å². The quantitative estimate of drug-likeness (QED) is 0.637. The largest absolute Gasteiger partial charge is 0.337 e. The number of likely N-dealkylation sites (tertiary alicyclic amines) is 1. The Kier molecular flexibility index (Phi) is 5.53. The number of nitrogens with zero attached hydrogens (tertiary/aromatic N) is 3. The Morgan fingerprint density at radius 2 is 2.10 bits per heavy atom. The van der Waals surface area contributed by atoms with Gasteiger partial charge in [-0.25, -0.2) is 0 Å². The van der Waals surface area contributed by atoms with Gasteiger partial charge < -0.3 is 4.90 Å². The van der Waals surface area contributed by atoms with E-state index in [0.29, 0.717) is 12.2 Å². The molecular weight excluding hydrogens is 408 g/mol. The Labute approximate surface area is 187 Å². The van der Waals surface area contributed by atoms with Gasteiger partial charge >= 0.3 is 0 Å². The number of rotatable bonds is 4. The average molecular weight is 435 g/mol. The number of piperidine rings is 1. The summed E-state index contributed by atoms with van der Waals surface area (Å²) in [5.41, 5.74) is 7.43. The molecule has 1 aliphatic carbocycles. The van der Waals surface area contributed by atoms with Crippen molar-refractivity contribution in [3.8, 4) is 0 Å². The van der Waals surface area contributed by atoms with Gasteiger partial charge in [-0.15, -0.1) is 0 Å². The molecule has 1 aromatic carbocycles. The third kappa shape index (κ3) is 4.24. The summed E-state index contributed by atoms with van der Waals surface area (Å²) in [6, 6.07) is 12.4. The van der Waals surface area contributed by atoms with Crippen molar-refractivity contribution in [1.29, 1.82) is 0 Å². The van der Waals surface area contributed by atoms with Gasteiger partial charge in [0.2, 0.25) is 0 Å². The first-order chi connectivity index (χ1) is 15.1. The number of pyridine rings is 1. The van der Waals surface area contributed by atoms with E-state index in [-0.39, 0.29) is 11.8 Å². The molecular formula is C25H27ClN4O. The molecule has 0 radical (unpaired) electrons. The molecule has 1 fully saturated rings. The molecule has 5 nitrogen and oxygen atoms in total. The summed E-state index contributed by atoms with van der Waals surface area (Å²) in [4.78, 5) is 20.0. The fourth-order valence-electron chi connectivity index (χ4n) is 5.01. The maximum absolute atomic E-state index is 13.2. The van der Waals surface area contributed by atoms with E-state index in [9.17, 15) is 4.79 Å². The lowest BCUT2D eigenvalue weighted by atomic mass is 9.92. The van der Waals surface area contributed by atoms with Gasteiger partial charge in [0.1, 0.15) is 0 Å². The predicted octanol–water partition coefficient (Wildman–Crippen LogP) is 4.87. The van der Waals surface area contributed by atoms with Crippen molar-refractivity contribution >= 4 is 17.5 Å². The van der Waals surface area contributed by atoms with E-state index in [1.807, 2.05) is 30.0 Å². The lowest BCUT2D eigenvalue weighted by molar-refractivity contribution is 0.0698. The number of benzene rings is 1. The second-order valence-electron chi connectivity index (χ2n) is 8.82. The van der Waals surface area contributed by atoms with Gasteiger partial charge in [0.15, 0.2) is 5.69 Å². The molecule has 5 rings (SSSR count). The van der Waals surface area contributed by atoms with Crippen LogP contribution in [0.25, 0.3) is 0 Å². The Bertz CT molecular complexity index is 1120. The number of halogens is 1. The molecule has 6 heteroatoms. The average Bonchev–Trinajstić information content (AvgIpc) is 3.37. The highest BCUT2D eigenvalue weighted by Crippen LogP contribution is 2.30. The van der Waals surface area contributed by atoms with E-state index in [4.69, 9.17) is 16.6 Å². The second-order valence-corrected chi connectivity index (χ2v) is 9.26. The number of carbonyl (C=O) groups is 1. The first-order valence-corrected chi connectivity index (χ1v) is 11.5. The Balaban J connectivity index is 1.35. The fourth-order valence-corrected chi connectivity index (χ4v) is 5.22. The third-order valence-corrected chi connectivity index (χ3v) is 6.70. The number of hydrogen-bond acceptors (Lipinski definition) is 3. The maximum Gasteiger partial charge on any atom is 0.274 e. The van der Waals surface area contributed by atoms with E-state index in [0.717, 1.165) is 72.7 Å². The van der Waals surface area contributed by atoms with E-state index in [1.54, 1.807) is 0 Å². The van der Waals surface area contributed by atoms with Crippen molar-refractivity contribution in [3.05, 3.63) is 80.9 Å². The molecule has 3 heterocycles. The highest BCUT2D eigenvalue weighted by atomic mass is 35.5. The van der Waals surface area contributed by atoms with Crippen molar-refractivity contribution in [3.63, 3.8) is 0 Å². The van der Waals surface area contributed by atoms with Crippen LogP contribution in [0.5, 0.6) is 0 Å². The molecule has 1 N–H and O–H groups in total. The lowest BCUT2D eigenvalue weighted by Gasteiger charge is -2.32. The fraction of sp³-hybridized carbons (Fsp3) is 0.400. The SMILES string of the molecule is Cc1cc(Cc2cccc(Cl)c2)cc(C2CCCN(C(=O)c3n[nH]c4c3CCC4)C2)n1. The Hall–Kier alpha value is -2.66. The summed E-state index contributed by atoms with van der Waals surface area (Å²) in [7, 11) is 0. The summed E-state index contributed by atoms with van der Waals surface area (Å²) < 4.78 is 0. The lowest BCUT2D eigenvalue weighted by Crippen LogP contribution is -2.39. The summed E-state index contributed by atoms with van der Waals surface area (Å²) >= 11 is 6.16. The number of hydrogen-bond donors (Lipinski definition) is 1. The van der Waals surface area contributed by atoms with Gasteiger partial charge in [-0.3, -0.25) is 14.9 Å². The van der Waals surface area contributed by atoms with Crippen LogP contribution in [0.1, 0.15) is 69.4 Å². The van der Waals surface area contributed by atoms with Crippen molar-refractivity contribution in [2.45, 2.75) is 51.4 Å². The van der Waals surface area contributed by atoms with Crippen LogP contribution in [0.2, 0.25) is 5.02 Å². The van der Waals surface area contributed by atoms with E-state index < -0.39 is 0 Å². The van der Waals surface area contributed by atoms with Crippen molar-refractivity contribution in [1.82, 2.24) is 20.1 Å². The van der Waals surface area contributed by atoms with Gasteiger partial charge in [0.05, 0.1) is 0 Å². The molecule has 160 valence electrons. The molecule has 1 atom stereocenters. The molecule has 1 aliphatic heterocycles. The minimum Gasteiger partial charge on any atom is -0.337 e. The number of aromatic amines is 1. The van der Waals surface area contributed by atoms with Crippen molar-refractivity contribution in [2.24, 2.45) is 0 Å². The zero-order valence-corrected chi connectivity index (χ0v) is 18.6. The minimum absolute atomic E-state index is 0.0657. The third-order valence-electron chi connectivity index (χ3n) is 6.47. The van der Waals surface area contributed by atoms with Crippen LogP contribution in [0, 0.1) is 6.92 Å². The van der Waals surface area contributed by atoms with E-state index in [1.165, 1.54) is 11.1 Å². The molecule has 1 saturated heterocycles. The molecule has 1 unspecified atom stereocenters. The topological polar surface area (TPSA) is 61.9 Å². The molecule has 0 saturated carbocycles. The predicted molar refractivity (Wildman–Crippen MR) is 122 cm³/mol. The van der Waals surface area contributed by atoms with Crippen LogP contribution in [-0.2, 0) is 19.3 Å². The Morgan fingerprint density at radius 1 is 1.19 bits per heavy atom. The number of carbonyl (C=O) groups excluding carboxylic acids is 1. The summed E-state index contributed by atoms with van der Waals surface area (Å²) in [6.45, 7) is 3.54. The normalized spacial score (nSPS) is 18.3. The molecule has 2 aromatic heterocycles. The molecule has 0 spiro atoms. The first kappa shape index (κ1) is 20.3. The number of fused-ring (bicyclic) bond motifs is 1. The number of aromatic nitrogens is 3. The van der Waals surface area contributed by atoms with Gasteiger partial charge in [-0.1, -0.05) is 23.7 Å². The van der Waals surface area contributed by atoms with E-state index in [2.05, 4.69) is 28.4 Å². The highest BCUT2D eigenvalue weighted by molar-refractivity contribution is 6.30. The van der Waals surface area contributed by atoms with Gasteiger partial charge in [0.25, 0.3) is 5.91 Å². The maximum atomic E-state index is 13.2. The summed E-state index contributed by atoms with van der Waals surface area (Å²) in [5, 5.41) is 8.18. The highest BCUT2D eigenvalue weighted by Gasteiger charge is 2.31. The van der Waals surface area contributed by atoms with Crippen molar-refractivity contribution < 1.29 is 4.79 Å². The zero-order valence-electron chi connectivity index (χ0n) is 17.8. The number of nitrogens with one attached hydrogen (secondary N) is 1. The van der Waals surface area contributed by atoms with Crippen LogP contribution in [-0.4, -0.2) is 39.1 Å².